The van der Waals surface area contributed by atoms with Gasteiger partial charge in [-0.05, 0) is 31.2 Å². The maximum Gasteiger partial charge on any atom is 0.135 e. The third-order valence-corrected chi connectivity index (χ3v) is 4.22. The minimum absolute atomic E-state index is 0.259. The van der Waals surface area contributed by atoms with Crippen LogP contribution in [0.4, 0.5) is 11.6 Å². The normalized spacial score (nSPS) is 12.2. The summed E-state index contributed by atoms with van der Waals surface area (Å²) >= 11 is 1.76. The van der Waals surface area contributed by atoms with Crippen molar-refractivity contribution in [1.29, 1.82) is 0 Å². The van der Waals surface area contributed by atoms with Crippen molar-refractivity contribution in [3.05, 3.63) is 34.3 Å². The number of hydrogen-bond donors (Lipinski definition) is 2. The first-order chi connectivity index (χ1) is 9.76. The van der Waals surface area contributed by atoms with Gasteiger partial charge >= 0.3 is 0 Å². The van der Waals surface area contributed by atoms with Crippen LogP contribution in [0, 0.1) is 0 Å². The van der Waals surface area contributed by atoms with Crippen LogP contribution in [0.5, 0.6) is 0 Å². The Labute approximate surface area is 124 Å². The standard InChI is InChI=1S/C15H22N4S/c1-4-8-16-14-12(5-2)15(18-10-17-14)19-11(3)13-7-6-9-20-13/h6-7,9-11H,4-5,8H2,1-3H3,(H2,16,17,18,19). The molecule has 0 fully saturated rings. The summed E-state index contributed by atoms with van der Waals surface area (Å²) in [6.45, 7) is 7.38. The molecule has 1 unspecified atom stereocenters. The molecule has 0 spiro atoms. The topological polar surface area (TPSA) is 49.8 Å². The van der Waals surface area contributed by atoms with E-state index < -0.39 is 0 Å². The van der Waals surface area contributed by atoms with E-state index in [9.17, 15) is 0 Å². The summed E-state index contributed by atoms with van der Waals surface area (Å²) in [7, 11) is 0. The number of rotatable bonds is 7. The Morgan fingerprint density at radius 1 is 1.25 bits per heavy atom. The van der Waals surface area contributed by atoms with E-state index in [0.29, 0.717) is 0 Å². The summed E-state index contributed by atoms with van der Waals surface area (Å²) in [5.74, 6) is 1.88. The van der Waals surface area contributed by atoms with Crippen molar-refractivity contribution < 1.29 is 0 Å². The zero-order valence-electron chi connectivity index (χ0n) is 12.3. The molecule has 4 nitrogen and oxygen atoms in total. The van der Waals surface area contributed by atoms with E-state index in [1.807, 2.05) is 0 Å². The fourth-order valence-electron chi connectivity index (χ4n) is 2.08. The van der Waals surface area contributed by atoms with Gasteiger partial charge in [0.2, 0.25) is 0 Å². The largest absolute Gasteiger partial charge is 0.370 e. The molecule has 0 aliphatic rings. The number of hydrogen-bond acceptors (Lipinski definition) is 5. The number of anilines is 2. The van der Waals surface area contributed by atoms with Crippen LogP contribution in [0.3, 0.4) is 0 Å². The monoisotopic (exact) mass is 290 g/mol. The number of nitrogens with zero attached hydrogens (tertiary/aromatic N) is 2. The van der Waals surface area contributed by atoms with E-state index in [1.54, 1.807) is 17.7 Å². The molecule has 0 amide bonds. The number of aromatic nitrogens is 2. The first-order valence-corrected chi connectivity index (χ1v) is 8.01. The van der Waals surface area contributed by atoms with Crippen molar-refractivity contribution in [3.63, 3.8) is 0 Å². The average Bonchev–Trinajstić information content (AvgIpc) is 2.99. The van der Waals surface area contributed by atoms with Crippen LogP contribution in [-0.2, 0) is 6.42 Å². The third-order valence-electron chi connectivity index (χ3n) is 3.16. The molecule has 5 heteroatoms. The number of nitrogens with one attached hydrogen (secondary N) is 2. The molecular weight excluding hydrogens is 268 g/mol. The molecular formula is C15H22N4S. The molecule has 108 valence electrons. The molecule has 0 bridgehead atoms. The first-order valence-electron chi connectivity index (χ1n) is 7.13. The Hall–Kier alpha value is -1.62. The lowest BCUT2D eigenvalue weighted by Gasteiger charge is -2.17. The lowest BCUT2D eigenvalue weighted by molar-refractivity contribution is 0.878. The van der Waals surface area contributed by atoms with Gasteiger partial charge in [-0.1, -0.05) is 19.9 Å². The van der Waals surface area contributed by atoms with Gasteiger partial charge in [-0.3, -0.25) is 0 Å². The second-order valence-electron chi connectivity index (χ2n) is 4.71. The van der Waals surface area contributed by atoms with E-state index in [0.717, 1.165) is 36.6 Å². The molecule has 0 aliphatic heterocycles. The van der Waals surface area contributed by atoms with Gasteiger partial charge in [-0.25, -0.2) is 9.97 Å². The Bertz CT molecular complexity index is 525. The predicted molar refractivity (Wildman–Crippen MR) is 86.5 cm³/mol. The van der Waals surface area contributed by atoms with Crippen LogP contribution in [0.15, 0.2) is 23.8 Å². The highest BCUT2D eigenvalue weighted by atomic mass is 32.1. The fraction of sp³-hybridized carbons (Fsp3) is 0.467. The highest BCUT2D eigenvalue weighted by molar-refractivity contribution is 7.10. The smallest absolute Gasteiger partial charge is 0.135 e. The first kappa shape index (κ1) is 14.8. The summed E-state index contributed by atoms with van der Waals surface area (Å²) in [4.78, 5) is 10.1. The van der Waals surface area contributed by atoms with Gasteiger partial charge < -0.3 is 10.6 Å². The van der Waals surface area contributed by atoms with Gasteiger partial charge in [0.15, 0.2) is 0 Å². The van der Waals surface area contributed by atoms with Crippen molar-refractivity contribution in [2.45, 2.75) is 39.7 Å². The molecule has 20 heavy (non-hydrogen) atoms. The molecule has 2 rings (SSSR count). The van der Waals surface area contributed by atoms with E-state index in [2.05, 4.69) is 58.9 Å². The molecule has 1 atom stereocenters. The van der Waals surface area contributed by atoms with E-state index in [4.69, 9.17) is 0 Å². The van der Waals surface area contributed by atoms with Gasteiger partial charge in [0.05, 0.1) is 6.04 Å². The Morgan fingerprint density at radius 2 is 2.05 bits per heavy atom. The second kappa shape index (κ2) is 7.24. The van der Waals surface area contributed by atoms with Crippen LogP contribution in [0.25, 0.3) is 0 Å². The molecule has 2 heterocycles. The van der Waals surface area contributed by atoms with Gasteiger partial charge in [0, 0.05) is 17.0 Å². The van der Waals surface area contributed by atoms with Crippen LogP contribution in [0.1, 0.15) is 43.7 Å². The highest BCUT2D eigenvalue weighted by Crippen LogP contribution is 2.26. The maximum atomic E-state index is 4.41. The lowest BCUT2D eigenvalue weighted by Crippen LogP contribution is -2.12. The van der Waals surface area contributed by atoms with E-state index in [-0.39, 0.29) is 6.04 Å². The maximum absolute atomic E-state index is 4.41. The van der Waals surface area contributed by atoms with Crippen LogP contribution in [-0.4, -0.2) is 16.5 Å². The van der Waals surface area contributed by atoms with Crippen LogP contribution in [0.2, 0.25) is 0 Å². The van der Waals surface area contributed by atoms with Gasteiger partial charge in [0.25, 0.3) is 0 Å². The van der Waals surface area contributed by atoms with Gasteiger partial charge in [0.1, 0.15) is 18.0 Å². The van der Waals surface area contributed by atoms with Crippen molar-refractivity contribution >= 4 is 23.0 Å². The SMILES string of the molecule is CCCNc1ncnc(NC(C)c2cccs2)c1CC. The van der Waals surface area contributed by atoms with Crippen LogP contribution < -0.4 is 10.6 Å². The minimum atomic E-state index is 0.259. The van der Waals surface area contributed by atoms with Crippen LogP contribution >= 0.6 is 11.3 Å². The predicted octanol–water partition coefficient (Wildman–Crippen LogP) is 4.10. The second-order valence-corrected chi connectivity index (χ2v) is 5.69. The molecule has 0 radical (unpaired) electrons. The van der Waals surface area contributed by atoms with E-state index >= 15 is 0 Å². The van der Waals surface area contributed by atoms with Gasteiger partial charge in [-0.2, -0.15) is 0 Å². The molecule has 0 saturated heterocycles. The summed E-state index contributed by atoms with van der Waals surface area (Å²) in [6.07, 6.45) is 3.62. The van der Waals surface area contributed by atoms with Crippen molar-refractivity contribution in [2.24, 2.45) is 0 Å². The van der Waals surface area contributed by atoms with Crippen molar-refractivity contribution in [2.75, 3.05) is 17.2 Å². The zero-order valence-corrected chi connectivity index (χ0v) is 13.1. The lowest BCUT2D eigenvalue weighted by atomic mass is 10.2. The molecule has 2 aromatic heterocycles. The molecule has 2 aromatic rings. The number of thiophene rings is 1. The van der Waals surface area contributed by atoms with Crippen molar-refractivity contribution in [3.8, 4) is 0 Å². The summed E-state index contributed by atoms with van der Waals surface area (Å²) < 4.78 is 0. The fourth-order valence-corrected chi connectivity index (χ4v) is 2.82. The highest BCUT2D eigenvalue weighted by Gasteiger charge is 2.13. The van der Waals surface area contributed by atoms with E-state index in [1.165, 1.54) is 4.88 Å². The minimum Gasteiger partial charge on any atom is -0.370 e. The zero-order chi connectivity index (χ0) is 14.4. The Balaban J connectivity index is 2.18. The molecule has 0 saturated carbocycles. The summed E-state index contributed by atoms with van der Waals surface area (Å²) in [5, 5.41) is 8.97. The summed E-state index contributed by atoms with van der Waals surface area (Å²) in [6, 6.07) is 4.48. The van der Waals surface area contributed by atoms with Gasteiger partial charge in [-0.15, -0.1) is 11.3 Å². The quantitative estimate of drug-likeness (QED) is 0.806. The van der Waals surface area contributed by atoms with Crippen molar-refractivity contribution in [1.82, 2.24) is 9.97 Å². The average molecular weight is 290 g/mol. The third kappa shape index (κ3) is 3.48. The molecule has 0 aromatic carbocycles. The Kier molecular flexibility index (Phi) is 5.35. The molecule has 0 aliphatic carbocycles. The Morgan fingerprint density at radius 3 is 2.70 bits per heavy atom. The summed E-state index contributed by atoms with van der Waals surface area (Å²) in [5.41, 5.74) is 1.16. The molecule has 2 N–H and O–H groups in total.